The van der Waals surface area contributed by atoms with Gasteiger partial charge in [0.2, 0.25) is 0 Å². The van der Waals surface area contributed by atoms with Crippen LogP contribution in [-0.4, -0.2) is 9.55 Å². The van der Waals surface area contributed by atoms with Gasteiger partial charge in [0, 0.05) is 20.9 Å². The Labute approximate surface area is 107 Å². The van der Waals surface area contributed by atoms with E-state index in [2.05, 4.69) is 36.8 Å². The molecular weight excluding hydrogens is 344 g/mol. The zero-order valence-corrected chi connectivity index (χ0v) is 11.5. The fourth-order valence-electron chi connectivity index (χ4n) is 1.14. The fourth-order valence-corrected chi connectivity index (χ4v) is 2.94. The van der Waals surface area contributed by atoms with Crippen molar-refractivity contribution in [3.63, 3.8) is 0 Å². The van der Waals surface area contributed by atoms with Gasteiger partial charge in [0.25, 0.3) is 5.56 Å². The SMILES string of the molecule is O=c1c(Br)cncn1Cc1cc(Br)cs1. The van der Waals surface area contributed by atoms with Gasteiger partial charge in [-0.25, -0.2) is 4.98 Å². The highest BCUT2D eigenvalue weighted by molar-refractivity contribution is 9.10. The van der Waals surface area contributed by atoms with Crippen molar-refractivity contribution in [1.82, 2.24) is 9.55 Å². The average Bonchev–Trinajstić information content (AvgIpc) is 2.59. The number of halogens is 2. The zero-order chi connectivity index (χ0) is 10.8. The first kappa shape index (κ1) is 11.0. The highest BCUT2D eigenvalue weighted by Crippen LogP contribution is 2.20. The van der Waals surface area contributed by atoms with Gasteiger partial charge in [-0.15, -0.1) is 11.3 Å². The minimum absolute atomic E-state index is 0.0606. The first-order valence-corrected chi connectivity index (χ1v) is 6.56. The summed E-state index contributed by atoms with van der Waals surface area (Å²) >= 11 is 8.15. The Bertz CT molecular complexity index is 535. The molecule has 0 bridgehead atoms. The Morgan fingerprint density at radius 1 is 1.47 bits per heavy atom. The van der Waals surface area contributed by atoms with E-state index in [9.17, 15) is 4.79 Å². The fraction of sp³-hybridized carbons (Fsp3) is 0.111. The Morgan fingerprint density at radius 3 is 2.93 bits per heavy atom. The van der Waals surface area contributed by atoms with Gasteiger partial charge < -0.3 is 0 Å². The molecule has 3 nitrogen and oxygen atoms in total. The van der Waals surface area contributed by atoms with Crippen LogP contribution in [0.1, 0.15) is 4.88 Å². The summed E-state index contributed by atoms with van der Waals surface area (Å²) in [6.45, 7) is 0.557. The number of hydrogen-bond donors (Lipinski definition) is 0. The van der Waals surface area contributed by atoms with Gasteiger partial charge in [-0.1, -0.05) is 0 Å². The van der Waals surface area contributed by atoms with Crippen LogP contribution in [0.5, 0.6) is 0 Å². The quantitative estimate of drug-likeness (QED) is 0.835. The lowest BCUT2D eigenvalue weighted by Gasteiger charge is -2.02. The predicted molar refractivity (Wildman–Crippen MR) is 67.3 cm³/mol. The maximum atomic E-state index is 11.6. The third-order valence-corrected chi connectivity index (χ3v) is 4.03. The molecule has 0 saturated carbocycles. The standard InChI is InChI=1S/C9H6Br2N2OS/c10-6-1-7(15-4-6)3-13-5-12-2-8(11)9(13)14/h1-2,4-5H,3H2. The summed E-state index contributed by atoms with van der Waals surface area (Å²) in [6, 6.07) is 2.00. The van der Waals surface area contributed by atoms with Crippen LogP contribution in [0.25, 0.3) is 0 Å². The monoisotopic (exact) mass is 348 g/mol. The molecule has 0 fully saturated rings. The van der Waals surface area contributed by atoms with Crippen molar-refractivity contribution < 1.29 is 0 Å². The predicted octanol–water partition coefficient (Wildman–Crippen LogP) is 2.88. The summed E-state index contributed by atoms with van der Waals surface area (Å²) in [5.74, 6) is 0. The molecule has 2 heterocycles. The second-order valence-corrected chi connectivity index (χ2v) is 5.67. The van der Waals surface area contributed by atoms with E-state index in [4.69, 9.17) is 0 Å². The molecule has 2 aromatic rings. The van der Waals surface area contributed by atoms with Crippen LogP contribution >= 0.6 is 43.2 Å². The molecule has 2 rings (SSSR count). The molecule has 0 N–H and O–H groups in total. The molecule has 0 radical (unpaired) electrons. The Kier molecular flexibility index (Phi) is 3.38. The number of hydrogen-bond acceptors (Lipinski definition) is 3. The number of aromatic nitrogens is 2. The van der Waals surface area contributed by atoms with Crippen LogP contribution in [0.4, 0.5) is 0 Å². The van der Waals surface area contributed by atoms with E-state index in [0.717, 1.165) is 9.35 Å². The van der Waals surface area contributed by atoms with Crippen molar-refractivity contribution in [2.45, 2.75) is 6.54 Å². The lowest BCUT2D eigenvalue weighted by Crippen LogP contribution is -2.20. The molecule has 0 atom stereocenters. The minimum Gasteiger partial charge on any atom is -0.293 e. The zero-order valence-electron chi connectivity index (χ0n) is 7.48. The smallest absolute Gasteiger partial charge is 0.267 e. The van der Waals surface area contributed by atoms with Crippen molar-refractivity contribution in [3.8, 4) is 0 Å². The molecule has 78 valence electrons. The largest absolute Gasteiger partial charge is 0.293 e. The van der Waals surface area contributed by atoms with E-state index in [-0.39, 0.29) is 5.56 Å². The van der Waals surface area contributed by atoms with Gasteiger partial charge in [-0.2, -0.15) is 0 Å². The Hall–Kier alpha value is -0.460. The first-order valence-electron chi connectivity index (χ1n) is 4.09. The minimum atomic E-state index is -0.0606. The van der Waals surface area contributed by atoms with E-state index in [0.29, 0.717) is 11.0 Å². The van der Waals surface area contributed by atoms with E-state index >= 15 is 0 Å². The normalized spacial score (nSPS) is 10.5. The third-order valence-electron chi connectivity index (χ3n) is 1.81. The maximum absolute atomic E-state index is 11.6. The molecule has 0 aromatic carbocycles. The Morgan fingerprint density at radius 2 is 2.27 bits per heavy atom. The highest BCUT2D eigenvalue weighted by Gasteiger charge is 2.03. The number of nitrogens with zero attached hydrogens (tertiary/aromatic N) is 2. The topological polar surface area (TPSA) is 34.9 Å². The van der Waals surface area contributed by atoms with E-state index in [1.165, 1.54) is 6.20 Å². The van der Waals surface area contributed by atoms with Crippen molar-refractivity contribution in [2.24, 2.45) is 0 Å². The van der Waals surface area contributed by atoms with Gasteiger partial charge in [-0.05, 0) is 37.9 Å². The van der Waals surface area contributed by atoms with Crippen LogP contribution < -0.4 is 5.56 Å². The van der Waals surface area contributed by atoms with Crippen LogP contribution in [-0.2, 0) is 6.54 Å². The molecule has 0 unspecified atom stereocenters. The van der Waals surface area contributed by atoms with Gasteiger partial charge in [0.1, 0.15) is 4.47 Å². The van der Waals surface area contributed by atoms with Crippen LogP contribution in [0.3, 0.4) is 0 Å². The summed E-state index contributed by atoms with van der Waals surface area (Å²) in [5.41, 5.74) is -0.0606. The molecule has 15 heavy (non-hydrogen) atoms. The molecule has 6 heteroatoms. The second-order valence-electron chi connectivity index (χ2n) is 2.91. The third kappa shape index (κ3) is 2.56. The van der Waals surface area contributed by atoms with Crippen molar-refractivity contribution in [3.05, 3.63) is 48.1 Å². The molecule has 0 aliphatic carbocycles. The van der Waals surface area contributed by atoms with Crippen LogP contribution in [0.2, 0.25) is 0 Å². The van der Waals surface area contributed by atoms with Crippen LogP contribution in [0.15, 0.2) is 37.7 Å². The van der Waals surface area contributed by atoms with E-state index in [1.54, 1.807) is 22.2 Å². The summed E-state index contributed by atoms with van der Waals surface area (Å²) < 4.78 is 3.10. The van der Waals surface area contributed by atoms with Gasteiger partial charge >= 0.3 is 0 Å². The van der Waals surface area contributed by atoms with Gasteiger partial charge in [0.15, 0.2) is 0 Å². The Balaban J connectivity index is 2.32. The molecule has 0 aliphatic heterocycles. The average molecular weight is 350 g/mol. The van der Waals surface area contributed by atoms with Crippen molar-refractivity contribution in [1.29, 1.82) is 0 Å². The summed E-state index contributed by atoms with van der Waals surface area (Å²) in [7, 11) is 0. The van der Waals surface area contributed by atoms with Crippen molar-refractivity contribution >= 4 is 43.2 Å². The lowest BCUT2D eigenvalue weighted by molar-refractivity contribution is 0.739. The molecule has 0 spiro atoms. The summed E-state index contributed by atoms with van der Waals surface area (Å²) in [5, 5.41) is 1.99. The number of rotatable bonds is 2. The maximum Gasteiger partial charge on any atom is 0.267 e. The van der Waals surface area contributed by atoms with Gasteiger partial charge in [-0.3, -0.25) is 9.36 Å². The first-order chi connectivity index (χ1) is 7.16. The van der Waals surface area contributed by atoms with Crippen molar-refractivity contribution in [2.75, 3.05) is 0 Å². The molecule has 0 aliphatic rings. The second kappa shape index (κ2) is 4.59. The molecular formula is C9H6Br2N2OS. The summed E-state index contributed by atoms with van der Waals surface area (Å²) in [6.07, 6.45) is 3.05. The lowest BCUT2D eigenvalue weighted by atomic mass is 10.4. The highest BCUT2D eigenvalue weighted by atomic mass is 79.9. The van der Waals surface area contributed by atoms with E-state index in [1.807, 2.05) is 11.4 Å². The van der Waals surface area contributed by atoms with Crippen LogP contribution in [0, 0.1) is 0 Å². The molecule has 0 amide bonds. The molecule has 2 aromatic heterocycles. The van der Waals surface area contributed by atoms with E-state index < -0.39 is 0 Å². The summed E-state index contributed by atoms with van der Waals surface area (Å²) in [4.78, 5) is 16.7. The number of thiophene rings is 1. The van der Waals surface area contributed by atoms with Gasteiger partial charge in [0.05, 0.1) is 12.9 Å². The molecule has 0 saturated heterocycles.